The lowest BCUT2D eigenvalue weighted by molar-refractivity contribution is -0.124. The molecule has 0 aliphatic rings. The summed E-state index contributed by atoms with van der Waals surface area (Å²) in [6.45, 7) is 8.02. The van der Waals surface area contributed by atoms with Gasteiger partial charge in [-0.2, -0.15) is 9.40 Å². The number of benzene rings is 4. The maximum atomic E-state index is 14.1. The van der Waals surface area contributed by atoms with Crippen LogP contribution in [0.3, 0.4) is 0 Å². The van der Waals surface area contributed by atoms with Gasteiger partial charge in [0.05, 0.1) is 29.3 Å². The Morgan fingerprint density at radius 1 is 0.840 bits per heavy atom. The maximum Gasteiger partial charge on any atom is 0.258 e. The molecule has 9 nitrogen and oxygen atoms in total. The number of ether oxygens (including phenoxy) is 1. The van der Waals surface area contributed by atoms with Crippen molar-refractivity contribution >= 4 is 15.9 Å². The highest BCUT2D eigenvalue weighted by Crippen LogP contribution is 2.25. The van der Waals surface area contributed by atoms with Crippen molar-refractivity contribution in [2.24, 2.45) is 5.92 Å². The molecule has 10 heteroatoms. The van der Waals surface area contributed by atoms with Crippen LogP contribution >= 0.6 is 0 Å². The number of aromatic nitrogens is 2. The van der Waals surface area contributed by atoms with Crippen molar-refractivity contribution in [3.05, 3.63) is 138 Å². The highest BCUT2D eigenvalue weighted by Gasteiger charge is 2.31. The molecule has 50 heavy (non-hydrogen) atoms. The number of hydrogen-bond donors (Lipinski definition) is 2. The number of carbonyl (C=O) groups excluding carboxylic acids is 1. The predicted molar refractivity (Wildman–Crippen MR) is 196 cm³/mol. The summed E-state index contributed by atoms with van der Waals surface area (Å²) in [5.41, 5.74) is 5.54. The highest BCUT2D eigenvalue weighted by molar-refractivity contribution is 7.89. The number of amides is 1. The van der Waals surface area contributed by atoms with Crippen LogP contribution in [0, 0.1) is 19.8 Å². The molecular formula is C40H46N4O5S. The van der Waals surface area contributed by atoms with Crippen LogP contribution in [-0.2, 0) is 27.8 Å². The summed E-state index contributed by atoms with van der Waals surface area (Å²) in [6, 6.07) is 33.2. The highest BCUT2D eigenvalue weighted by atomic mass is 32.2. The van der Waals surface area contributed by atoms with Gasteiger partial charge in [-0.05, 0) is 72.2 Å². The monoisotopic (exact) mass is 694 g/mol. The molecule has 0 radical (unpaired) electrons. The van der Waals surface area contributed by atoms with Crippen molar-refractivity contribution in [1.29, 1.82) is 0 Å². The normalized spacial score (nSPS) is 12.9. The number of nitrogens with zero attached hydrogens (tertiary/aromatic N) is 3. The molecule has 5 rings (SSSR count). The third-order valence-corrected chi connectivity index (χ3v) is 10.4. The molecule has 0 unspecified atom stereocenters. The van der Waals surface area contributed by atoms with Crippen LogP contribution in [0.5, 0.6) is 5.75 Å². The quantitative estimate of drug-likeness (QED) is 0.131. The lowest BCUT2D eigenvalue weighted by atomic mass is 10.0. The lowest BCUT2D eigenvalue weighted by Crippen LogP contribution is -2.52. The Labute approximate surface area is 295 Å². The molecule has 262 valence electrons. The minimum absolute atomic E-state index is 0.0171. The topological polar surface area (TPSA) is 114 Å². The molecule has 0 bridgehead atoms. The zero-order chi connectivity index (χ0) is 35.7. The minimum atomic E-state index is -4.01. The molecule has 2 atom stereocenters. The van der Waals surface area contributed by atoms with Gasteiger partial charge in [-0.3, -0.25) is 9.48 Å². The van der Waals surface area contributed by atoms with Gasteiger partial charge in [-0.15, -0.1) is 0 Å². The average molecular weight is 695 g/mol. The molecule has 1 heterocycles. The van der Waals surface area contributed by atoms with Crippen LogP contribution < -0.4 is 10.1 Å². The van der Waals surface area contributed by atoms with Crippen LogP contribution in [0.4, 0.5) is 0 Å². The van der Waals surface area contributed by atoms with Gasteiger partial charge < -0.3 is 15.2 Å². The fraction of sp³-hybridized carbons (Fsp3) is 0.300. The van der Waals surface area contributed by atoms with E-state index in [0.717, 1.165) is 33.5 Å². The van der Waals surface area contributed by atoms with Crippen molar-refractivity contribution in [2.75, 3.05) is 19.7 Å². The number of aliphatic hydroxyl groups excluding tert-OH is 1. The number of nitrogens with one attached hydrogen (secondary N) is 1. The fourth-order valence-electron chi connectivity index (χ4n) is 5.99. The Bertz CT molecular complexity index is 1920. The molecular weight excluding hydrogens is 649 g/mol. The van der Waals surface area contributed by atoms with Gasteiger partial charge >= 0.3 is 0 Å². The first-order chi connectivity index (χ1) is 24.0. The van der Waals surface area contributed by atoms with Gasteiger partial charge in [0.15, 0.2) is 6.61 Å². The minimum Gasteiger partial charge on any atom is -0.483 e. The largest absolute Gasteiger partial charge is 0.483 e. The summed E-state index contributed by atoms with van der Waals surface area (Å²) >= 11 is 0. The van der Waals surface area contributed by atoms with E-state index in [4.69, 9.17) is 4.74 Å². The Balaban J connectivity index is 1.33. The van der Waals surface area contributed by atoms with Gasteiger partial charge in [0.2, 0.25) is 10.0 Å². The van der Waals surface area contributed by atoms with Crippen LogP contribution in [0.1, 0.15) is 36.1 Å². The number of rotatable bonds is 16. The van der Waals surface area contributed by atoms with E-state index in [1.165, 1.54) is 4.31 Å². The van der Waals surface area contributed by atoms with E-state index in [9.17, 15) is 18.3 Å². The van der Waals surface area contributed by atoms with E-state index >= 15 is 0 Å². The molecule has 4 aromatic carbocycles. The fourth-order valence-corrected chi connectivity index (χ4v) is 7.61. The van der Waals surface area contributed by atoms with Crippen LogP contribution in [0.2, 0.25) is 0 Å². The first-order valence-electron chi connectivity index (χ1n) is 16.9. The van der Waals surface area contributed by atoms with E-state index in [1.54, 1.807) is 30.5 Å². The maximum absolute atomic E-state index is 14.1. The molecule has 1 aromatic heterocycles. The van der Waals surface area contributed by atoms with Crippen molar-refractivity contribution in [2.45, 2.75) is 57.7 Å². The van der Waals surface area contributed by atoms with Crippen molar-refractivity contribution in [3.8, 4) is 17.0 Å². The van der Waals surface area contributed by atoms with E-state index in [1.807, 2.05) is 117 Å². The number of aliphatic hydroxyl groups is 1. The lowest BCUT2D eigenvalue weighted by Gasteiger charge is -2.31. The standard InChI is InChI=1S/C40H46N4O5S/c1-29(2)25-43(50(47,48)35-20-18-34(19-21-35)37-22-23-41-44(37)26-33-16-9-6-10-17-33)27-38(45)36(24-32-14-7-5-8-15-32)42-39(46)28-49-40-30(3)12-11-13-31(40)4/h5-23,29,36,38,45H,24-28H2,1-4H3,(H,42,46)/t36-,38-/m0/s1. The van der Waals surface area contributed by atoms with E-state index in [0.29, 0.717) is 18.7 Å². The third-order valence-electron chi connectivity index (χ3n) is 8.50. The molecule has 5 aromatic rings. The molecule has 0 aliphatic heterocycles. The summed E-state index contributed by atoms with van der Waals surface area (Å²) in [6.07, 6.45) is 0.826. The van der Waals surface area contributed by atoms with Gasteiger partial charge in [0, 0.05) is 19.3 Å². The summed E-state index contributed by atoms with van der Waals surface area (Å²) < 4.78 is 37.3. The second-order valence-electron chi connectivity index (χ2n) is 13.0. The number of sulfonamides is 1. The van der Waals surface area contributed by atoms with Crippen molar-refractivity contribution in [1.82, 2.24) is 19.4 Å². The smallest absolute Gasteiger partial charge is 0.258 e. The molecule has 0 aliphatic carbocycles. The Morgan fingerprint density at radius 3 is 2.08 bits per heavy atom. The van der Waals surface area contributed by atoms with E-state index < -0.39 is 28.1 Å². The molecule has 0 spiro atoms. The van der Waals surface area contributed by atoms with Gasteiger partial charge in [-0.1, -0.05) is 105 Å². The first-order valence-corrected chi connectivity index (χ1v) is 18.3. The second-order valence-corrected chi connectivity index (χ2v) is 15.0. The summed E-state index contributed by atoms with van der Waals surface area (Å²) in [5.74, 6) is 0.216. The van der Waals surface area contributed by atoms with Crippen LogP contribution in [0.15, 0.2) is 120 Å². The van der Waals surface area contributed by atoms with Gasteiger partial charge in [0.25, 0.3) is 5.91 Å². The van der Waals surface area contributed by atoms with Gasteiger partial charge in [-0.25, -0.2) is 8.42 Å². The summed E-state index contributed by atoms with van der Waals surface area (Å²) in [5, 5.41) is 19.0. The first kappa shape index (κ1) is 36.5. The Morgan fingerprint density at radius 2 is 1.46 bits per heavy atom. The summed E-state index contributed by atoms with van der Waals surface area (Å²) in [7, 11) is -4.01. The van der Waals surface area contributed by atoms with Gasteiger partial charge in [0.1, 0.15) is 5.75 Å². The molecule has 1 amide bonds. The van der Waals surface area contributed by atoms with E-state index in [2.05, 4.69) is 10.4 Å². The van der Waals surface area contributed by atoms with Crippen LogP contribution in [0.25, 0.3) is 11.3 Å². The third kappa shape index (κ3) is 9.47. The zero-order valence-corrected chi connectivity index (χ0v) is 29.9. The molecule has 2 N–H and O–H groups in total. The second kappa shape index (κ2) is 16.8. The van der Waals surface area contributed by atoms with Crippen molar-refractivity contribution < 1.29 is 23.1 Å². The number of carbonyl (C=O) groups is 1. The van der Waals surface area contributed by atoms with Crippen molar-refractivity contribution in [3.63, 3.8) is 0 Å². The zero-order valence-electron chi connectivity index (χ0n) is 29.1. The predicted octanol–water partition coefficient (Wildman–Crippen LogP) is 6.03. The average Bonchev–Trinajstić information content (AvgIpc) is 3.56. The number of para-hydroxylation sites is 1. The molecule has 0 saturated carbocycles. The number of hydrogen-bond acceptors (Lipinski definition) is 6. The van der Waals surface area contributed by atoms with Crippen LogP contribution in [-0.4, -0.2) is 65.4 Å². The Kier molecular flexibility index (Phi) is 12.2. The van der Waals surface area contributed by atoms with E-state index in [-0.39, 0.29) is 30.5 Å². The molecule has 0 saturated heterocycles. The molecule has 0 fully saturated rings. The summed E-state index contributed by atoms with van der Waals surface area (Å²) in [4.78, 5) is 13.3. The number of aryl methyl sites for hydroxylation is 2. The Hall–Kier alpha value is -4.77. The SMILES string of the molecule is Cc1cccc(C)c1OCC(=O)N[C@@H](Cc1ccccc1)[C@@H](O)CN(CC(C)C)S(=O)(=O)c1ccc(-c2ccnn2Cc2ccccc2)cc1.